The highest BCUT2D eigenvalue weighted by Crippen LogP contribution is 2.65. The minimum absolute atomic E-state index is 0.0418. The average molecular weight is 492 g/mol. The van der Waals surface area contributed by atoms with Crippen LogP contribution in [0.3, 0.4) is 0 Å². The number of halogens is 2. The molecule has 1 aromatic carbocycles. The van der Waals surface area contributed by atoms with Crippen molar-refractivity contribution in [2.45, 2.75) is 50.5 Å². The zero-order chi connectivity index (χ0) is 23.5. The second kappa shape index (κ2) is 7.74. The van der Waals surface area contributed by atoms with E-state index in [0.717, 1.165) is 32.1 Å². The van der Waals surface area contributed by atoms with Gasteiger partial charge in [0, 0.05) is 5.69 Å². The lowest BCUT2D eigenvalue weighted by molar-refractivity contribution is -0.151. The quantitative estimate of drug-likeness (QED) is 0.532. The van der Waals surface area contributed by atoms with Gasteiger partial charge in [0.05, 0.1) is 34.4 Å². The van der Waals surface area contributed by atoms with Gasteiger partial charge in [-0.15, -0.1) is 0 Å². The molecule has 6 rings (SSSR count). The number of nitrogens with one attached hydrogen (secondary N) is 1. The number of carboxylic acid groups (broad SMARTS) is 2. The van der Waals surface area contributed by atoms with Gasteiger partial charge in [-0.1, -0.05) is 23.2 Å². The highest BCUT2D eigenvalue weighted by Gasteiger charge is 2.59. The minimum atomic E-state index is -1.17. The summed E-state index contributed by atoms with van der Waals surface area (Å²) in [5, 5.41) is 26.3. The first kappa shape index (κ1) is 22.2. The number of carboxylic acids is 2. The summed E-state index contributed by atoms with van der Waals surface area (Å²) in [5.41, 5.74) is -0.640. The Morgan fingerprint density at radius 3 is 2.48 bits per heavy atom. The number of hydrogen-bond acceptors (Lipinski definition) is 5. The van der Waals surface area contributed by atoms with E-state index in [9.17, 15) is 24.6 Å². The molecule has 8 nitrogen and oxygen atoms in total. The maximum absolute atomic E-state index is 13.3. The molecular weight excluding hydrogens is 469 g/mol. The summed E-state index contributed by atoms with van der Waals surface area (Å²) in [4.78, 5) is 36.3. The minimum Gasteiger partial charge on any atom is -0.481 e. The molecule has 174 valence electrons. The molecule has 4 aliphatic carbocycles. The summed E-state index contributed by atoms with van der Waals surface area (Å²) in [7, 11) is 0. The molecule has 4 saturated carbocycles. The first-order chi connectivity index (χ1) is 15.6. The van der Waals surface area contributed by atoms with Crippen LogP contribution in [0.25, 0.3) is 0 Å². The molecule has 4 fully saturated rings. The Morgan fingerprint density at radius 1 is 1.15 bits per heavy atom. The van der Waals surface area contributed by atoms with Crippen LogP contribution in [-0.2, 0) is 10.3 Å². The number of aromatic carboxylic acids is 1. The molecule has 1 aromatic heterocycles. The maximum Gasteiger partial charge on any atom is 0.337 e. The Morgan fingerprint density at radius 2 is 1.85 bits per heavy atom. The van der Waals surface area contributed by atoms with E-state index in [0.29, 0.717) is 23.9 Å². The van der Waals surface area contributed by atoms with Crippen molar-refractivity contribution in [3.8, 4) is 0 Å². The summed E-state index contributed by atoms with van der Waals surface area (Å²) in [5.74, 6) is -1.19. The number of aromatic nitrogens is 2. The van der Waals surface area contributed by atoms with Crippen LogP contribution in [0.1, 0.15) is 55.3 Å². The lowest BCUT2D eigenvalue weighted by Crippen LogP contribution is -2.59. The highest BCUT2D eigenvalue weighted by molar-refractivity contribution is 6.34. The Hall–Kier alpha value is -2.58. The van der Waals surface area contributed by atoms with E-state index in [1.807, 2.05) is 0 Å². The molecular formula is C23H23Cl2N3O5. The summed E-state index contributed by atoms with van der Waals surface area (Å²) in [6.07, 6.45) is 6.68. The van der Waals surface area contributed by atoms with Crippen LogP contribution >= 0.6 is 23.2 Å². The van der Waals surface area contributed by atoms with E-state index in [4.69, 9.17) is 23.2 Å². The number of carbonyl (C=O) groups is 2. The van der Waals surface area contributed by atoms with Crippen molar-refractivity contribution < 1.29 is 19.8 Å². The molecule has 33 heavy (non-hydrogen) atoms. The fraction of sp³-hybridized carbons (Fsp3) is 0.478. The van der Waals surface area contributed by atoms with Crippen LogP contribution in [0.5, 0.6) is 0 Å². The van der Waals surface area contributed by atoms with E-state index in [2.05, 4.69) is 10.4 Å². The van der Waals surface area contributed by atoms with Gasteiger partial charge in [-0.05, 0) is 74.0 Å². The predicted octanol–water partition coefficient (Wildman–Crippen LogP) is 4.76. The highest BCUT2D eigenvalue weighted by atomic mass is 35.5. The lowest BCUT2D eigenvalue weighted by atomic mass is 9.46. The Kier molecular flexibility index (Phi) is 5.21. The van der Waals surface area contributed by atoms with Gasteiger partial charge in [-0.3, -0.25) is 9.59 Å². The van der Waals surface area contributed by atoms with Crippen LogP contribution in [0.2, 0.25) is 10.0 Å². The average Bonchev–Trinajstić information content (AvgIpc) is 2.70. The normalized spacial score (nSPS) is 29.8. The largest absolute Gasteiger partial charge is 0.481 e. The standard InChI is InChI=1S/C23H23Cl2N3O5/c24-16-2-1-14(4-15(16)21(32)33)27-17-10-26-28(20(31)19(17)25)23-7-12-3-13(8-23)6-22(5-12,11-23)9-18(29)30/h1-2,4,10,12-13,27H,3,5-9,11H2,(H,29,30)(H,32,33)/t12-,13+,22?,23?. The molecule has 1 heterocycles. The Balaban J connectivity index is 1.49. The molecule has 4 atom stereocenters. The third kappa shape index (κ3) is 3.79. The van der Waals surface area contributed by atoms with Crippen LogP contribution in [0, 0.1) is 17.3 Å². The van der Waals surface area contributed by atoms with E-state index in [1.54, 1.807) is 6.07 Å². The summed E-state index contributed by atoms with van der Waals surface area (Å²) < 4.78 is 1.49. The monoisotopic (exact) mass is 491 g/mol. The molecule has 2 aromatic rings. The van der Waals surface area contributed by atoms with Crippen LogP contribution in [0.15, 0.2) is 29.2 Å². The third-order valence-electron chi connectivity index (χ3n) is 7.52. The van der Waals surface area contributed by atoms with Gasteiger partial charge < -0.3 is 15.5 Å². The molecule has 3 N–H and O–H groups in total. The van der Waals surface area contributed by atoms with Crippen molar-refractivity contribution >= 4 is 46.5 Å². The van der Waals surface area contributed by atoms with Gasteiger partial charge in [0.25, 0.3) is 5.56 Å². The molecule has 4 bridgehead atoms. The molecule has 0 saturated heterocycles. The molecule has 0 spiro atoms. The number of benzene rings is 1. The first-order valence-electron chi connectivity index (χ1n) is 10.9. The maximum atomic E-state index is 13.3. The van der Waals surface area contributed by atoms with Gasteiger partial charge in [-0.25, -0.2) is 9.48 Å². The molecule has 0 aliphatic heterocycles. The molecule has 0 amide bonds. The van der Waals surface area contributed by atoms with Crippen molar-refractivity contribution in [3.63, 3.8) is 0 Å². The predicted molar refractivity (Wildman–Crippen MR) is 123 cm³/mol. The fourth-order valence-corrected chi connectivity index (χ4v) is 7.33. The second-order valence-corrected chi connectivity index (χ2v) is 10.8. The summed E-state index contributed by atoms with van der Waals surface area (Å²) >= 11 is 12.4. The van der Waals surface area contributed by atoms with Crippen molar-refractivity contribution in [1.29, 1.82) is 0 Å². The topological polar surface area (TPSA) is 122 Å². The van der Waals surface area contributed by atoms with Crippen molar-refractivity contribution in [2.75, 3.05) is 5.32 Å². The zero-order valence-electron chi connectivity index (χ0n) is 17.7. The third-order valence-corrected chi connectivity index (χ3v) is 8.22. The van der Waals surface area contributed by atoms with Crippen LogP contribution in [0.4, 0.5) is 11.4 Å². The first-order valence-corrected chi connectivity index (χ1v) is 11.7. The number of nitrogens with zero attached hydrogens (tertiary/aromatic N) is 2. The van der Waals surface area contributed by atoms with Gasteiger partial charge in [0.1, 0.15) is 5.02 Å². The fourth-order valence-electron chi connectivity index (χ4n) is 6.96. The van der Waals surface area contributed by atoms with Crippen LogP contribution < -0.4 is 10.9 Å². The van der Waals surface area contributed by atoms with E-state index in [1.165, 1.54) is 23.0 Å². The Bertz CT molecular complexity index is 1210. The van der Waals surface area contributed by atoms with Gasteiger partial charge in [0.15, 0.2) is 0 Å². The second-order valence-electron chi connectivity index (χ2n) is 9.97. The SMILES string of the molecule is O=C(O)CC12C[C@H]3C[C@@H](C1)CC(n1ncc(Nc4ccc(Cl)c(C(=O)O)c4)c(Cl)c1=O)(C3)C2. The summed E-state index contributed by atoms with van der Waals surface area (Å²) in [6.45, 7) is 0. The number of aliphatic carboxylic acids is 1. The van der Waals surface area contributed by atoms with E-state index >= 15 is 0 Å². The summed E-state index contributed by atoms with van der Waals surface area (Å²) in [6, 6.07) is 4.40. The Labute approximate surface area is 199 Å². The molecule has 2 unspecified atom stereocenters. The van der Waals surface area contributed by atoms with Crippen molar-refractivity contribution in [3.05, 3.63) is 50.4 Å². The van der Waals surface area contributed by atoms with Crippen molar-refractivity contribution in [1.82, 2.24) is 9.78 Å². The van der Waals surface area contributed by atoms with Gasteiger partial charge >= 0.3 is 11.9 Å². The van der Waals surface area contributed by atoms with Gasteiger partial charge in [0.2, 0.25) is 0 Å². The number of rotatable bonds is 6. The van der Waals surface area contributed by atoms with E-state index < -0.39 is 23.0 Å². The number of anilines is 2. The molecule has 10 heteroatoms. The van der Waals surface area contributed by atoms with Crippen LogP contribution in [-0.4, -0.2) is 31.9 Å². The van der Waals surface area contributed by atoms with E-state index in [-0.39, 0.29) is 33.1 Å². The lowest BCUT2D eigenvalue weighted by Gasteiger charge is -2.61. The zero-order valence-corrected chi connectivity index (χ0v) is 19.2. The van der Waals surface area contributed by atoms with Gasteiger partial charge in [-0.2, -0.15) is 5.10 Å². The van der Waals surface area contributed by atoms with Crippen molar-refractivity contribution in [2.24, 2.45) is 17.3 Å². The smallest absolute Gasteiger partial charge is 0.337 e. The molecule has 0 radical (unpaired) electrons. The molecule has 4 aliphatic rings. The number of hydrogen-bond donors (Lipinski definition) is 3.